The molecule has 0 aliphatic carbocycles. The molecule has 1 heterocycles. The van der Waals surface area contributed by atoms with E-state index in [1.54, 1.807) is 24.3 Å². The van der Waals surface area contributed by atoms with E-state index in [1.807, 2.05) is 0 Å². The zero-order valence-electron chi connectivity index (χ0n) is 9.72. The molecule has 0 unspecified atom stereocenters. The number of nitrogens with zero attached hydrogens (tertiary/aromatic N) is 2. The van der Waals surface area contributed by atoms with Crippen LogP contribution in [0.3, 0.4) is 0 Å². The maximum Gasteiger partial charge on any atom is 0.287 e. The number of hydrogen-bond donors (Lipinski definition) is 2. The van der Waals surface area contributed by atoms with Crippen molar-refractivity contribution in [2.75, 3.05) is 5.32 Å². The van der Waals surface area contributed by atoms with E-state index < -0.39 is 0 Å². The van der Waals surface area contributed by atoms with Crippen LogP contribution in [0.5, 0.6) is 5.75 Å². The molecule has 0 bridgehead atoms. The van der Waals surface area contributed by atoms with Crippen LogP contribution in [0.1, 0.15) is 5.56 Å². The second kappa shape index (κ2) is 5.10. The molecule has 94 valence electrons. The molecule has 0 radical (unpaired) electrons. The molecule has 0 spiro atoms. The minimum atomic E-state index is -0.340. The van der Waals surface area contributed by atoms with E-state index in [4.69, 9.17) is 16.7 Å². The van der Waals surface area contributed by atoms with E-state index in [2.05, 4.69) is 10.4 Å². The van der Waals surface area contributed by atoms with Crippen LogP contribution < -0.4 is 10.9 Å². The van der Waals surface area contributed by atoms with Crippen molar-refractivity contribution in [3.8, 4) is 5.75 Å². The van der Waals surface area contributed by atoms with Gasteiger partial charge in [-0.15, -0.1) is 0 Å². The minimum absolute atomic E-state index is 0.117. The van der Waals surface area contributed by atoms with Crippen LogP contribution in [0.25, 0.3) is 0 Å². The molecule has 6 heteroatoms. The zero-order chi connectivity index (χ0) is 13.1. The first kappa shape index (κ1) is 12.4. The maximum atomic E-state index is 11.5. The lowest BCUT2D eigenvalue weighted by Crippen LogP contribution is -2.21. The Labute approximate surface area is 109 Å². The van der Waals surface area contributed by atoms with Gasteiger partial charge in [0.1, 0.15) is 10.8 Å². The van der Waals surface area contributed by atoms with Crippen LogP contribution in [0.15, 0.2) is 35.3 Å². The van der Waals surface area contributed by atoms with Crippen molar-refractivity contribution in [3.05, 3.63) is 51.4 Å². The topological polar surface area (TPSA) is 67.2 Å². The molecule has 0 saturated heterocycles. The molecular formula is C12H12ClN3O2. The first-order valence-electron chi connectivity index (χ1n) is 5.31. The number of benzene rings is 1. The number of rotatable bonds is 3. The second-order valence-electron chi connectivity index (χ2n) is 3.82. The van der Waals surface area contributed by atoms with E-state index in [0.29, 0.717) is 12.2 Å². The van der Waals surface area contributed by atoms with Gasteiger partial charge < -0.3 is 10.4 Å². The minimum Gasteiger partial charge on any atom is -0.508 e. The number of halogens is 1. The van der Waals surface area contributed by atoms with Crippen molar-refractivity contribution < 1.29 is 5.11 Å². The Morgan fingerprint density at radius 3 is 2.72 bits per heavy atom. The van der Waals surface area contributed by atoms with Crippen LogP contribution in [0, 0.1) is 0 Å². The molecule has 2 aromatic rings. The number of aryl methyl sites for hydroxylation is 1. The Morgan fingerprint density at radius 1 is 1.39 bits per heavy atom. The number of aromatic nitrogens is 2. The Balaban J connectivity index is 2.13. The van der Waals surface area contributed by atoms with Gasteiger partial charge in [-0.05, 0) is 17.7 Å². The number of nitrogens with one attached hydrogen (secondary N) is 1. The predicted octanol–water partition coefficient (Wildman–Crippen LogP) is 1.75. The smallest absolute Gasteiger partial charge is 0.287 e. The summed E-state index contributed by atoms with van der Waals surface area (Å²) in [6.07, 6.45) is 1.50. The highest BCUT2D eigenvalue weighted by Crippen LogP contribution is 2.17. The summed E-state index contributed by atoms with van der Waals surface area (Å²) in [4.78, 5) is 11.5. The quantitative estimate of drug-likeness (QED) is 0.887. The molecule has 1 aromatic carbocycles. The van der Waals surface area contributed by atoms with Crippen molar-refractivity contribution >= 4 is 17.3 Å². The van der Waals surface area contributed by atoms with Crippen LogP contribution in [-0.4, -0.2) is 14.9 Å². The fourth-order valence-electron chi connectivity index (χ4n) is 1.45. The molecule has 18 heavy (non-hydrogen) atoms. The fraction of sp³-hybridized carbons (Fsp3) is 0.167. The third kappa shape index (κ3) is 2.62. The molecule has 0 atom stereocenters. The van der Waals surface area contributed by atoms with Gasteiger partial charge in [-0.1, -0.05) is 23.7 Å². The highest BCUT2D eigenvalue weighted by atomic mass is 35.5. The highest BCUT2D eigenvalue weighted by molar-refractivity contribution is 6.32. The summed E-state index contributed by atoms with van der Waals surface area (Å²) < 4.78 is 1.17. The summed E-state index contributed by atoms with van der Waals surface area (Å²) in [5.41, 5.74) is 1.12. The number of phenols is 1. The molecule has 0 aliphatic heterocycles. The highest BCUT2D eigenvalue weighted by Gasteiger charge is 2.06. The first-order valence-corrected chi connectivity index (χ1v) is 5.69. The lowest BCUT2D eigenvalue weighted by atomic mass is 10.2. The monoisotopic (exact) mass is 265 g/mol. The Bertz CT molecular complexity index is 608. The Kier molecular flexibility index (Phi) is 3.53. The maximum absolute atomic E-state index is 11.5. The average Bonchev–Trinajstić information content (AvgIpc) is 2.37. The van der Waals surface area contributed by atoms with Gasteiger partial charge in [0, 0.05) is 13.6 Å². The molecule has 0 aliphatic rings. The van der Waals surface area contributed by atoms with E-state index in [1.165, 1.54) is 17.9 Å². The zero-order valence-corrected chi connectivity index (χ0v) is 10.5. The standard InChI is InChI=1S/C12H12ClN3O2/c1-16-12(18)11(13)10(7-15-16)14-6-8-2-4-9(17)5-3-8/h2-5,7,14,17H,6H2,1H3. The molecule has 0 amide bonds. The number of aromatic hydroxyl groups is 1. The largest absolute Gasteiger partial charge is 0.508 e. The first-order chi connectivity index (χ1) is 8.58. The molecule has 1 aromatic heterocycles. The Hall–Kier alpha value is -2.01. The van der Waals surface area contributed by atoms with Gasteiger partial charge in [-0.2, -0.15) is 5.10 Å². The third-order valence-corrected chi connectivity index (χ3v) is 2.86. The summed E-state index contributed by atoms with van der Waals surface area (Å²) in [6.45, 7) is 0.495. The molecule has 2 rings (SSSR count). The summed E-state index contributed by atoms with van der Waals surface area (Å²) in [7, 11) is 1.54. The summed E-state index contributed by atoms with van der Waals surface area (Å²) in [6, 6.07) is 6.76. The Morgan fingerprint density at radius 2 is 2.06 bits per heavy atom. The summed E-state index contributed by atoms with van der Waals surface area (Å²) in [5.74, 6) is 0.215. The summed E-state index contributed by atoms with van der Waals surface area (Å²) in [5, 5.41) is 16.2. The van der Waals surface area contributed by atoms with Gasteiger partial charge in [0.25, 0.3) is 5.56 Å². The molecule has 0 saturated carbocycles. The molecule has 0 fully saturated rings. The van der Waals surface area contributed by atoms with Crippen molar-refractivity contribution in [1.82, 2.24) is 9.78 Å². The van der Waals surface area contributed by atoms with Gasteiger partial charge >= 0.3 is 0 Å². The molecular weight excluding hydrogens is 254 g/mol. The van der Waals surface area contributed by atoms with Crippen LogP contribution in [0.4, 0.5) is 5.69 Å². The fourth-order valence-corrected chi connectivity index (χ4v) is 1.68. The third-order valence-electron chi connectivity index (χ3n) is 2.50. The van der Waals surface area contributed by atoms with Crippen molar-refractivity contribution in [2.45, 2.75) is 6.54 Å². The summed E-state index contributed by atoms with van der Waals surface area (Å²) >= 11 is 5.91. The molecule has 5 nitrogen and oxygen atoms in total. The van der Waals surface area contributed by atoms with Gasteiger partial charge in [0.2, 0.25) is 0 Å². The van der Waals surface area contributed by atoms with Crippen LogP contribution >= 0.6 is 11.6 Å². The average molecular weight is 266 g/mol. The second-order valence-corrected chi connectivity index (χ2v) is 4.20. The van der Waals surface area contributed by atoms with E-state index >= 15 is 0 Å². The number of hydrogen-bond acceptors (Lipinski definition) is 4. The number of anilines is 1. The molecule has 2 N–H and O–H groups in total. The van der Waals surface area contributed by atoms with E-state index in [-0.39, 0.29) is 16.3 Å². The van der Waals surface area contributed by atoms with Crippen molar-refractivity contribution in [2.24, 2.45) is 7.05 Å². The lowest BCUT2D eigenvalue weighted by molar-refractivity contribution is 0.475. The normalized spacial score (nSPS) is 10.3. The lowest BCUT2D eigenvalue weighted by Gasteiger charge is -2.08. The van der Waals surface area contributed by atoms with Gasteiger partial charge in [0.15, 0.2) is 0 Å². The van der Waals surface area contributed by atoms with Gasteiger partial charge in [0.05, 0.1) is 11.9 Å². The van der Waals surface area contributed by atoms with E-state index in [9.17, 15) is 4.79 Å². The van der Waals surface area contributed by atoms with Crippen LogP contribution in [-0.2, 0) is 13.6 Å². The van der Waals surface area contributed by atoms with Gasteiger partial charge in [-0.3, -0.25) is 4.79 Å². The van der Waals surface area contributed by atoms with Gasteiger partial charge in [-0.25, -0.2) is 4.68 Å². The van der Waals surface area contributed by atoms with Crippen molar-refractivity contribution in [1.29, 1.82) is 0 Å². The van der Waals surface area contributed by atoms with Crippen molar-refractivity contribution in [3.63, 3.8) is 0 Å². The van der Waals surface area contributed by atoms with Crippen LogP contribution in [0.2, 0.25) is 5.02 Å². The predicted molar refractivity (Wildman–Crippen MR) is 69.9 cm³/mol. The van der Waals surface area contributed by atoms with E-state index in [0.717, 1.165) is 5.56 Å². The SMILES string of the molecule is Cn1ncc(NCc2ccc(O)cc2)c(Cl)c1=O. The number of phenolic OH excluding ortho intramolecular Hbond substituents is 1.